The van der Waals surface area contributed by atoms with Gasteiger partial charge in [-0.05, 0) is 25.8 Å². The van der Waals surface area contributed by atoms with E-state index in [2.05, 4.69) is 36.7 Å². The van der Waals surface area contributed by atoms with E-state index in [0.717, 1.165) is 24.5 Å². The maximum absolute atomic E-state index is 5.97. The van der Waals surface area contributed by atoms with Crippen LogP contribution in [0.3, 0.4) is 0 Å². The van der Waals surface area contributed by atoms with Crippen molar-refractivity contribution in [3.8, 4) is 0 Å². The van der Waals surface area contributed by atoms with Crippen molar-refractivity contribution in [1.82, 2.24) is 4.98 Å². The van der Waals surface area contributed by atoms with Gasteiger partial charge in [-0.15, -0.1) is 0 Å². The molecule has 1 aromatic heterocycles. The monoisotopic (exact) mass is 221 g/mol. The summed E-state index contributed by atoms with van der Waals surface area (Å²) in [5.74, 6) is 1.66. The third-order valence-corrected chi connectivity index (χ3v) is 2.57. The van der Waals surface area contributed by atoms with E-state index in [0.29, 0.717) is 5.92 Å². The molecule has 1 aromatic rings. The highest BCUT2D eigenvalue weighted by molar-refractivity contribution is 5.48. The third kappa shape index (κ3) is 3.20. The second-order valence-corrected chi connectivity index (χ2v) is 4.64. The first-order valence-corrected chi connectivity index (χ1v) is 6.01. The van der Waals surface area contributed by atoms with Gasteiger partial charge in [-0.25, -0.2) is 4.98 Å². The molecule has 0 unspecified atom stereocenters. The summed E-state index contributed by atoms with van der Waals surface area (Å²) in [6.07, 6.45) is 1.84. The summed E-state index contributed by atoms with van der Waals surface area (Å²) in [6.45, 7) is 10.6. The van der Waals surface area contributed by atoms with Crippen molar-refractivity contribution in [1.29, 1.82) is 0 Å². The van der Waals surface area contributed by atoms with Crippen LogP contribution in [0.1, 0.15) is 39.3 Å². The van der Waals surface area contributed by atoms with Gasteiger partial charge in [0.2, 0.25) is 0 Å². The number of hydrogen-bond donors (Lipinski definition) is 1. The van der Waals surface area contributed by atoms with Gasteiger partial charge >= 0.3 is 0 Å². The normalized spacial score (nSPS) is 12.9. The molecular formula is C13H23N3. The molecule has 0 radical (unpaired) electrons. The van der Waals surface area contributed by atoms with E-state index in [-0.39, 0.29) is 6.04 Å². The maximum Gasteiger partial charge on any atom is 0.133 e. The van der Waals surface area contributed by atoms with Crippen molar-refractivity contribution in [3.63, 3.8) is 0 Å². The Morgan fingerprint density at radius 3 is 2.56 bits per heavy atom. The SMILES string of the molecule is CCN(CC(C)C)c1ncccc1[C@@H](C)N. The van der Waals surface area contributed by atoms with Crippen LogP contribution in [0.15, 0.2) is 18.3 Å². The zero-order valence-electron chi connectivity index (χ0n) is 10.8. The van der Waals surface area contributed by atoms with Gasteiger partial charge < -0.3 is 10.6 Å². The lowest BCUT2D eigenvalue weighted by atomic mass is 10.1. The lowest BCUT2D eigenvalue weighted by Crippen LogP contribution is -2.29. The lowest BCUT2D eigenvalue weighted by molar-refractivity contribution is 0.610. The molecule has 1 rings (SSSR count). The van der Waals surface area contributed by atoms with E-state index in [9.17, 15) is 0 Å². The fourth-order valence-electron chi connectivity index (χ4n) is 1.84. The van der Waals surface area contributed by atoms with Gasteiger partial charge in [0.15, 0.2) is 0 Å². The summed E-state index contributed by atoms with van der Waals surface area (Å²) in [5, 5.41) is 0. The van der Waals surface area contributed by atoms with E-state index in [1.54, 1.807) is 0 Å². The molecule has 0 aliphatic rings. The Bertz CT molecular complexity index is 321. The zero-order chi connectivity index (χ0) is 12.1. The van der Waals surface area contributed by atoms with Gasteiger partial charge in [0.1, 0.15) is 5.82 Å². The first-order chi connectivity index (χ1) is 7.56. The zero-order valence-corrected chi connectivity index (χ0v) is 10.8. The molecule has 0 fully saturated rings. The van der Waals surface area contributed by atoms with Gasteiger partial charge in [-0.2, -0.15) is 0 Å². The van der Waals surface area contributed by atoms with Crippen molar-refractivity contribution >= 4 is 5.82 Å². The summed E-state index contributed by atoms with van der Waals surface area (Å²) in [5.41, 5.74) is 7.10. The highest BCUT2D eigenvalue weighted by Gasteiger charge is 2.14. The minimum atomic E-state index is 0.0323. The topological polar surface area (TPSA) is 42.2 Å². The van der Waals surface area contributed by atoms with Gasteiger partial charge in [0, 0.05) is 30.9 Å². The molecule has 1 atom stereocenters. The van der Waals surface area contributed by atoms with Crippen molar-refractivity contribution in [2.45, 2.75) is 33.7 Å². The van der Waals surface area contributed by atoms with Crippen LogP contribution in [0.4, 0.5) is 5.82 Å². The van der Waals surface area contributed by atoms with Gasteiger partial charge in [-0.3, -0.25) is 0 Å². The molecule has 0 bridgehead atoms. The fraction of sp³-hybridized carbons (Fsp3) is 0.615. The number of hydrogen-bond acceptors (Lipinski definition) is 3. The largest absolute Gasteiger partial charge is 0.356 e. The molecule has 0 aliphatic carbocycles. The molecule has 1 heterocycles. The molecule has 16 heavy (non-hydrogen) atoms. The van der Waals surface area contributed by atoms with Crippen LogP contribution >= 0.6 is 0 Å². The molecule has 90 valence electrons. The lowest BCUT2D eigenvalue weighted by Gasteiger charge is -2.27. The summed E-state index contributed by atoms with van der Waals surface area (Å²) < 4.78 is 0. The number of pyridine rings is 1. The highest BCUT2D eigenvalue weighted by atomic mass is 15.2. The van der Waals surface area contributed by atoms with E-state index in [1.165, 1.54) is 0 Å². The Morgan fingerprint density at radius 1 is 1.38 bits per heavy atom. The molecule has 0 saturated heterocycles. The number of rotatable bonds is 5. The predicted octanol–water partition coefficient (Wildman–Crippen LogP) is 2.58. The molecule has 0 aliphatic heterocycles. The third-order valence-electron chi connectivity index (χ3n) is 2.57. The number of anilines is 1. The van der Waals surface area contributed by atoms with Crippen molar-refractivity contribution < 1.29 is 0 Å². The summed E-state index contributed by atoms with van der Waals surface area (Å²) in [7, 11) is 0. The van der Waals surface area contributed by atoms with E-state index in [4.69, 9.17) is 5.73 Å². The van der Waals surface area contributed by atoms with Crippen LogP contribution < -0.4 is 10.6 Å². The Morgan fingerprint density at radius 2 is 2.06 bits per heavy atom. The molecule has 0 spiro atoms. The Balaban J connectivity index is 2.99. The quantitative estimate of drug-likeness (QED) is 0.831. The van der Waals surface area contributed by atoms with Crippen LogP contribution in [0.2, 0.25) is 0 Å². The van der Waals surface area contributed by atoms with Crippen LogP contribution in [-0.4, -0.2) is 18.1 Å². The van der Waals surface area contributed by atoms with Gasteiger partial charge in [-0.1, -0.05) is 19.9 Å². The molecule has 0 amide bonds. The first kappa shape index (κ1) is 13.0. The van der Waals surface area contributed by atoms with Crippen molar-refractivity contribution in [2.75, 3.05) is 18.0 Å². The Kier molecular flexibility index (Phi) is 4.74. The second kappa shape index (κ2) is 5.85. The van der Waals surface area contributed by atoms with Crippen LogP contribution in [0, 0.1) is 5.92 Å². The maximum atomic E-state index is 5.97. The molecular weight excluding hydrogens is 198 g/mol. The van der Waals surface area contributed by atoms with Gasteiger partial charge in [0.25, 0.3) is 0 Å². The second-order valence-electron chi connectivity index (χ2n) is 4.64. The summed E-state index contributed by atoms with van der Waals surface area (Å²) in [6, 6.07) is 4.05. The molecule has 2 N–H and O–H groups in total. The van der Waals surface area contributed by atoms with Crippen molar-refractivity contribution in [3.05, 3.63) is 23.9 Å². The summed E-state index contributed by atoms with van der Waals surface area (Å²) >= 11 is 0. The minimum Gasteiger partial charge on any atom is -0.356 e. The highest BCUT2D eigenvalue weighted by Crippen LogP contribution is 2.22. The Hall–Kier alpha value is -1.09. The molecule has 3 nitrogen and oxygen atoms in total. The van der Waals surface area contributed by atoms with Crippen molar-refractivity contribution in [2.24, 2.45) is 11.7 Å². The average Bonchev–Trinajstić information content (AvgIpc) is 2.25. The van der Waals surface area contributed by atoms with Crippen LogP contribution in [0.25, 0.3) is 0 Å². The fourth-order valence-corrected chi connectivity index (χ4v) is 1.84. The van der Waals surface area contributed by atoms with E-state index < -0.39 is 0 Å². The molecule has 0 aromatic carbocycles. The molecule has 3 heteroatoms. The molecule has 0 saturated carbocycles. The predicted molar refractivity (Wildman–Crippen MR) is 69.6 cm³/mol. The van der Waals surface area contributed by atoms with E-state index in [1.807, 2.05) is 19.2 Å². The average molecular weight is 221 g/mol. The van der Waals surface area contributed by atoms with E-state index >= 15 is 0 Å². The first-order valence-electron chi connectivity index (χ1n) is 6.01. The number of aromatic nitrogens is 1. The summed E-state index contributed by atoms with van der Waals surface area (Å²) in [4.78, 5) is 6.77. The smallest absolute Gasteiger partial charge is 0.133 e. The number of nitrogens with zero attached hydrogens (tertiary/aromatic N) is 2. The Labute approximate surface area is 98.7 Å². The standard InChI is InChI=1S/C13H23N3/c1-5-16(9-10(2)3)13-12(11(4)14)7-6-8-15-13/h6-8,10-11H,5,9,14H2,1-4H3/t11-/m1/s1. The van der Waals surface area contributed by atoms with Crippen LogP contribution in [-0.2, 0) is 0 Å². The van der Waals surface area contributed by atoms with Crippen LogP contribution in [0.5, 0.6) is 0 Å². The minimum absolute atomic E-state index is 0.0323. The number of nitrogens with two attached hydrogens (primary N) is 1. The van der Waals surface area contributed by atoms with Gasteiger partial charge in [0.05, 0.1) is 0 Å².